The van der Waals surface area contributed by atoms with Crippen LogP contribution in [0, 0.1) is 11.2 Å². The Kier molecular flexibility index (Phi) is 2.82. The van der Waals surface area contributed by atoms with Gasteiger partial charge in [-0.2, -0.15) is 0 Å². The number of benzene rings is 1. The van der Waals surface area contributed by atoms with E-state index < -0.39 is 0 Å². The van der Waals surface area contributed by atoms with Crippen molar-refractivity contribution in [2.45, 2.75) is 19.3 Å². The van der Waals surface area contributed by atoms with E-state index in [0.717, 1.165) is 44.6 Å². The van der Waals surface area contributed by atoms with E-state index in [9.17, 15) is 9.18 Å². The minimum Gasteiger partial charge on any atom is -0.317 e. The molecule has 0 atom stereocenters. The fraction of sp³-hybridized carbons (Fsp3) is 0.500. The van der Waals surface area contributed by atoms with Crippen molar-refractivity contribution >= 4 is 11.6 Å². The molecule has 4 heteroatoms. The number of anilines is 1. The molecule has 2 aliphatic rings. The van der Waals surface area contributed by atoms with Gasteiger partial charge in [-0.3, -0.25) is 4.79 Å². The number of hydrogen-bond acceptors (Lipinski definition) is 2. The van der Waals surface area contributed by atoms with Gasteiger partial charge in [0.25, 0.3) is 0 Å². The average Bonchev–Trinajstić information content (AvgIpc) is 2.70. The highest BCUT2D eigenvalue weighted by Gasteiger charge is 2.47. The highest BCUT2D eigenvalue weighted by atomic mass is 19.1. The van der Waals surface area contributed by atoms with Crippen LogP contribution >= 0.6 is 0 Å². The van der Waals surface area contributed by atoms with Crippen LogP contribution in [0.3, 0.4) is 0 Å². The number of carbonyl (C=O) groups excluding carboxylic acids is 1. The van der Waals surface area contributed by atoms with Crippen LogP contribution in [0.2, 0.25) is 0 Å². The fourth-order valence-electron chi connectivity index (χ4n) is 3.06. The van der Waals surface area contributed by atoms with E-state index in [2.05, 4.69) is 5.32 Å². The topological polar surface area (TPSA) is 32.3 Å². The highest BCUT2D eigenvalue weighted by Crippen LogP contribution is 2.41. The zero-order chi connectivity index (χ0) is 12.6. The van der Waals surface area contributed by atoms with Gasteiger partial charge >= 0.3 is 0 Å². The van der Waals surface area contributed by atoms with Crippen molar-refractivity contribution in [3.8, 4) is 0 Å². The van der Waals surface area contributed by atoms with Gasteiger partial charge < -0.3 is 10.2 Å². The second-order valence-electron chi connectivity index (χ2n) is 5.21. The van der Waals surface area contributed by atoms with Crippen molar-refractivity contribution in [2.24, 2.45) is 5.41 Å². The number of nitrogens with one attached hydrogen (secondary N) is 1. The number of rotatable bonds is 1. The SMILES string of the molecule is O=C1N(c2ccc(F)cc2)CCC12CCNCC2. The maximum atomic E-state index is 12.9. The van der Waals surface area contributed by atoms with Gasteiger partial charge in [-0.15, -0.1) is 0 Å². The predicted molar refractivity (Wildman–Crippen MR) is 67.9 cm³/mol. The first kappa shape index (κ1) is 11.7. The molecule has 3 rings (SSSR count). The summed E-state index contributed by atoms with van der Waals surface area (Å²) in [6.07, 6.45) is 2.76. The van der Waals surface area contributed by atoms with Gasteiger partial charge in [-0.25, -0.2) is 4.39 Å². The van der Waals surface area contributed by atoms with Gasteiger partial charge in [0.2, 0.25) is 5.91 Å². The third-order valence-corrected chi connectivity index (χ3v) is 4.21. The Morgan fingerprint density at radius 1 is 1.11 bits per heavy atom. The molecule has 1 aromatic rings. The molecule has 0 saturated carbocycles. The van der Waals surface area contributed by atoms with Crippen LogP contribution in [0.5, 0.6) is 0 Å². The Morgan fingerprint density at radius 3 is 2.44 bits per heavy atom. The molecule has 0 unspecified atom stereocenters. The molecule has 0 aromatic heterocycles. The smallest absolute Gasteiger partial charge is 0.233 e. The minimum atomic E-state index is -0.262. The minimum absolute atomic E-state index is 0.167. The van der Waals surface area contributed by atoms with Crippen molar-refractivity contribution in [1.29, 1.82) is 0 Å². The van der Waals surface area contributed by atoms with Gasteiger partial charge in [-0.05, 0) is 56.6 Å². The average molecular weight is 248 g/mol. The quantitative estimate of drug-likeness (QED) is 0.823. The molecule has 0 radical (unpaired) electrons. The molecule has 1 amide bonds. The monoisotopic (exact) mass is 248 g/mol. The summed E-state index contributed by atoms with van der Waals surface area (Å²) in [6.45, 7) is 2.59. The van der Waals surface area contributed by atoms with Crippen LogP contribution in [0.4, 0.5) is 10.1 Å². The lowest BCUT2D eigenvalue weighted by Crippen LogP contribution is -2.42. The molecule has 0 bridgehead atoms. The van der Waals surface area contributed by atoms with Crippen LogP contribution in [0.1, 0.15) is 19.3 Å². The molecule has 2 heterocycles. The van der Waals surface area contributed by atoms with Crippen LogP contribution in [-0.4, -0.2) is 25.5 Å². The number of hydrogen-bond donors (Lipinski definition) is 1. The number of halogens is 1. The number of carbonyl (C=O) groups is 1. The van der Waals surface area contributed by atoms with Crippen LogP contribution in [0.15, 0.2) is 24.3 Å². The normalized spacial score (nSPS) is 22.7. The van der Waals surface area contributed by atoms with Gasteiger partial charge in [0.15, 0.2) is 0 Å². The van der Waals surface area contributed by atoms with Crippen molar-refractivity contribution in [3.63, 3.8) is 0 Å². The first-order valence-corrected chi connectivity index (χ1v) is 6.50. The molecular formula is C14H17FN2O. The van der Waals surface area contributed by atoms with E-state index in [1.165, 1.54) is 12.1 Å². The predicted octanol–water partition coefficient (Wildman–Crippen LogP) is 1.93. The second kappa shape index (κ2) is 4.35. The Labute approximate surface area is 106 Å². The van der Waals surface area contributed by atoms with E-state index in [0.29, 0.717) is 0 Å². The van der Waals surface area contributed by atoms with Gasteiger partial charge in [-0.1, -0.05) is 0 Å². The highest BCUT2D eigenvalue weighted by molar-refractivity contribution is 5.99. The van der Waals surface area contributed by atoms with E-state index in [-0.39, 0.29) is 17.1 Å². The summed E-state index contributed by atoms with van der Waals surface area (Å²) in [5.74, 6) is -0.0439. The lowest BCUT2D eigenvalue weighted by Gasteiger charge is -2.32. The third-order valence-electron chi connectivity index (χ3n) is 4.21. The Hall–Kier alpha value is -1.42. The molecule has 18 heavy (non-hydrogen) atoms. The Morgan fingerprint density at radius 2 is 1.78 bits per heavy atom. The van der Waals surface area contributed by atoms with Crippen LogP contribution in [-0.2, 0) is 4.79 Å². The maximum absolute atomic E-state index is 12.9. The fourth-order valence-corrected chi connectivity index (χ4v) is 3.06. The lowest BCUT2D eigenvalue weighted by molar-refractivity contribution is -0.126. The van der Waals surface area contributed by atoms with Gasteiger partial charge in [0, 0.05) is 12.2 Å². The summed E-state index contributed by atoms with van der Waals surface area (Å²) in [5.41, 5.74) is 0.649. The molecule has 2 saturated heterocycles. The zero-order valence-electron chi connectivity index (χ0n) is 10.3. The molecule has 1 spiro atoms. The Bertz CT molecular complexity index is 451. The first-order valence-electron chi connectivity index (χ1n) is 6.50. The van der Waals surface area contributed by atoms with Crippen LogP contribution in [0.25, 0.3) is 0 Å². The maximum Gasteiger partial charge on any atom is 0.233 e. The third kappa shape index (κ3) is 1.81. The van der Waals surface area contributed by atoms with Gasteiger partial charge in [0.05, 0.1) is 5.41 Å². The van der Waals surface area contributed by atoms with E-state index in [1.807, 2.05) is 4.90 Å². The van der Waals surface area contributed by atoms with Crippen LogP contribution < -0.4 is 10.2 Å². The lowest BCUT2D eigenvalue weighted by atomic mass is 9.78. The molecular weight excluding hydrogens is 231 g/mol. The largest absolute Gasteiger partial charge is 0.317 e. The molecule has 2 aliphatic heterocycles. The number of nitrogens with zero attached hydrogens (tertiary/aromatic N) is 1. The second-order valence-corrected chi connectivity index (χ2v) is 5.21. The van der Waals surface area contributed by atoms with Crippen molar-refractivity contribution in [3.05, 3.63) is 30.1 Å². The van der Waals surface area contributed by atoms with Gasteiger partial charge in [0.1, 0.15) is 5.82 Å². The van der Waals surface area contributed by atoms with E-state index in [1.54, 1.807) is 12.1 Å². The summed E-state index contributed by atoms with van der Waals surface area (Å²) in [6, 6.07) is 6.20. The molecule has 3 nitrogen and oxygen atoms in total. The Balaban J connectivity index is 1.83. The standard InChI is InChI=1S/C14H17FN2O/c15-11-1-3-12(4-2-11)17-10-7-14(13(17)18)5-8-16-9-6-14/h1-4,16H,5-10H2. The summed E-state index contributed by atoms with van der Waals surface area (Å²) >= 11 is 0. The summed E-state index contributed by atoms with van der Waals surface area (Å²) in [5, 5.41) is 3.30. The molecule has 0 aliphatic carbocycles. The van der Waals surface area contributed by atoms with E-state index in [4.69, 9.17) is 0 Å². The van der Waals surface area contributed by atoms with Crippen molar-refractivity contribution in [2.75, 3.05) is 24.5 Å². The molecule has 1 aromatic carbocycles. The van der Waals surface area contributed by atoms with E-state index >= 15 is 0 Å². The summed E-state index contributed by atoms with van der Waals surface area (Å²) < 4.78 is 12.9. The summed E-state index contributed by atoms with van der Waals surface area (Å²) in [7, 11) is 0. The molecule has 1 N–H and O–H groups in total. The van der Waals surface area contributed by atoms with Crippen molar-refractivity contribution < 1.29 is 9.18 Å². The number of piperidine rings is 1. The van der Waals surface area contributed by atoms with Crippen molar-refractivity contribution in [1.82, 2.24) is 5.32 Å². The summed E-state index contributed by atoms with van der Waals surface area (Å²) in [4.78, 5) is 14.4. The zero-order valence-corrected chi connectivity index (χ0v) is 10.3. The number of amides is 1. The molecule has 2 fully saturated rings. The molecule has 96 valence electrons. The first-order chi connectivity index (χ1) is 8.71.